The molecule has 3 heteroatoms. The van der Waals surface area contributed by atoms with E-state index in [4.69, 9.17) is 5.73 Å². The minimum absolute atomic E-state index is 0.452. The number of nitrogens with zero attached hydrogens (tertiary/aromatic N) is 2. The van der Waals surface area contributed by atoms with E-state index in [1.165, 1.54) is 37.3 Å². The molecule has 100 valence electrons. The van der Waals surface area contributed by atoms with Crippen LogP contribution >= 0.6 is 0 Å². The second-order valence-corrected chi connectivity index (χ2v) is 5.41. The van der Waals surface area contributed by atoms with E-state index < -0.39 is 0 Å². The fourth-order valence-corrected chi connectivity index (χ4v) is 2.53. The number of piperazine rings is 1. The van der Waals surface area contributed by atoms with Gasteiger partial charge in [-0.15, -0.1) is 0 Å². The molecule has 1 aliphatic heterocycles. The van der Waals surface area contributed by atoms with Crippen LogP contribution < -0.4 is 5.73 Å². The Morgan fingerprint density at radius 2 is 1.83 bits per heavy atom. The Morgan fingerprint density at radius 3 is 2.50 bits per heavy atom. The Balaban J connectivity index is 2.04. The van der Waals surface area contributed by atoms with Gasteiger partial charge in [0.1, 0.15) is 0 Å². The van der Waals surface area contributed by atoms with Gasteiger partial charge in [0.25, 0.3) is 0 Å². The summed E-state index contributed by atoms with van der Waals surface area (Å²) in [6.07, 6.45) is 0. The molecule has 1 aromatic carbocycles. The highest BCUT2D eigenvalue weighted by molar-refractivity contribution is 5.30. The van der Waals surface area contributed by atoms with Crippen molar-refractivity contribution in [1.82, 2.24) is 9.80 Å². The van der Waals surface area contributed by atoms with E-state index in [1.54, 1.807) is 0 Å². The highest BCUT2D eigenvalue weighted by Gasteiger charge is 2.16. The van der Waals surface area contributed by atoms with Crippen molar-refractivity contribution in [2.24, 2.45) is 5.73 Å². The molecule has 1 saturated heterocycles. The van der Waals surface area contributed by atoms with Crippen LogP contribution in [0.3, 0.4) is 0 Å². The fraction of sp³-hybridized carbons (Fsp3) is 0.600. The molecule has 0 saturated carbocycles. The van der Waals surface area contributed by atoms with Gasteiger partial charge in [-0.3, -0.25) is 4.90 Å². The van der Waals surface area contributed by atoms with Gasteiger partial charge in [-0.2, -0.15) is 0 Å². The van der Waals surface area contributed by atoms with Crippen molar-refractivity contribution in [3.05, 3.63) is 35.4 Å². The average molecular weight is 247 g/mol. The first-order valence-electron chi connectivity index (χ1n) is 6.89. The number of hydrogen-bond donors (Lipinski definition) is 1. The molecular weight excluding hydrogens is 222 g/mol. The second-order valence-electron chi connectivity index (χ2n) is 5.41. The molecule has 0 aliphatic carbocycles. The van der Waals surface area contributed by atoms with E-state index in [0.29, 0.717) is 5.92 Å². The van der Waals surface area contributed by atoms with Crippen molar-refractivity contribution >= 4 is 0 Å². The second kappa shape index (κ2) is 6.32. The molecule has 0 amide bonds. The third-order valence-corrected chi connectivity index (χ3v) is 3.93. The molecule has 18 heavy (non-hydrogen) atoms. The van der Waals surface area contributed by atoms with Crippen LogP contribution in [0.5, 0.6) is 0 Å². The molecule has 0 bridgehead atoms. The van der Waals surface area contributed by atoms with Gasteiger partial charge in [0, 0.05) is 32.7 Å². The van der Waals surface area contributed by atoms with Gasteiger partial charge in [0.05, 0.1) is 0 Å². The summed E-state index contributed by atoms with van der Waals surface area (Å²) in [5.41, 5.74) is 8.66. The third-order valence-electron chi connectivity index (χ3n) is 3.93. The summed E-state index contributed by atoms with van der Waals surface area (Å²) in [5, 5.41) is 0. The summed E-state index contributed by atoms with van der Waals surface area (Å²) in [5.74, 6) is 0.452. The first kappa shape index (κ1) is 13.5. The molecule has 2 N–H and O–H groups in total. The van der Waals surface area contributed by atoms with E-state index in [-0.39, 0.29) is 0 Å². The lowest BCUT2D eigenvalue weighted by Gasteiger charge is -2.33. The van der Waals surface area contributed by atoms with Crippen LogP contribution in [0, 0.1) is 0 Å². The highest BCUT2D eigenvalue weighted by atomic mass is 15.2. The molecule has 0 spiro atoms. The van der Waals surface area contributed by atoms with Gasteiger partial charge in [-0.1, -0.05) is 31.2 Å². The summed E-state index contributed by atoms with van der Waals surface area (Å²) in [6, 6.07) is 8.73. The van der Waals surface area contributed by atoms with Crippen LogP contribution in [0.15, 0.2) is 24.3 Å². The van der Waals surface area contributed by atoms with Crippen LogP contribution in [0.2, 0.25) is 0 Å². The normalized spacial score (nSPS) is 19.9. The maximum absolute atomic E-state index is 5.80. The molecule has 1 unspecified atom stereocenters. The molecule has 3 nitrogen and oxygen atoms in total. The standard InChI is InChI=1S/C15H25N3/c1-13(11-16)15-6-4-3-5-14(15)12-18-9-7-17(2)8-10-18/h3-6,13H,7-12,16H2,1-2H3. The van der Waals surface area contributed by atoms with E-state index in [9.17, 15) is 0 Å². The quantitative estimate of drug-likeness (QED) is 0.875. The summed E-state index contributed by atoms with van der Waals surface area (Å²) in [6.45, 7) is 8.68. The van der Waals surface area contributed by atoms with Gasteiger partial charge < -0.3 is 10.6 Å². The maximum Gasteiger partial charge on any atom is 0.0237 e. The van der Waals surface area contributed by atoms with E-state index in [2.05, 4.69) is 48.0 Å². The maximum atomic E-state index is 5.80. The first-order chi connectivity index (χ1) is 8.70. The van der Waals surface area contributed by atoms with E-state index in [1.807, 2.05) is 0 Å². The third kappa shape index (κ3) is 3.31. The SMILES string of the molecule is CC(CN)c1ccccc1CN1CCN(C)CC1. The minimum Gasteiger partial charge on any atom is -0.330 e. The molecule has 1 atom stereocenters. The van der Waals surface area contributed by atoms with Crippen LogP contribution in [0.25, 0.3) is 0 Å². The van der Waals surface area contributed by atoms with E-state index in [0.717, 1.165) is 13.1 Å². The largest absolute Gasteiger partial charge is 0.330 e. The smallest absolute Gasteiger partial charge is 0.0237 e. The Kier molecular flexibility index (Phi) is 4.75. The minimum atomic E-state index is 0.452. The van der Waals surface area contributed by atoms with Gasteiger partial charge in [0.2, 0.25) is 0 Å². The molecule has 1 heterocycles. The predicted octanol–water partition coefficient (Wildman–Crippen LogP) is 1.50. The molecular formula is C15H25N3. The van der Waals surface area contributed by atoms with Crippen LogP contribution in [-0.4, -0.2) is 49.6 Å². The van der Waals surface area contributed by atoms with Crippen LogP contribution in [0.4, 0.5) is 0 Å². The van der Waals surface area contributed by atoms with Crippen LogP contribution in [-0.2, 0) is 6.54 Å². The molecule has 0 radical (unpaired) electrons. The zero-order chi connectivity index (χ0) is 13.0. The molecule has 0 aromatic heterocycles. The van der Waals surface area contributed by atoms with E-state index >= 15 is 0 Å². The van der Waals surface area contributed by atoms with Crippen molar-refractivity contribution < 1.29 is 0 Å². The molecule has 1 fully saturated rings. The Labute approximate surface area is 111 Å². The van der Waals surface area contributed by atoms with Gasteiger partial charge >= 0.3 is 0 Å². The van der Waals surface area contributed by atoms with Crippen molar-refractivity contribution in [3.63, 3.8) is 0 Å². The zero-order valence-corrected chi connectivity index (χ0v) is 11.6. The van der Waals surface area contributed by atoms with Crippen LogP contribution in [0.1, 0.15) is 24.0 Å². The topological polar surface area (TPSA) is 32.5 Å². The number of likely N-dealkylation sites (N-methyl/N-ethyl adjacent to an activating group) is 1. The van der Waals surface area contributed by atoms with Crippen molar-refractivity contribution in [1.29, 1.82) is 0 Å². The Morgan fingerprint density at radius 1 is 1.17 bits per heavy atom. The lowest BCUT2D eigenvalue weighted by atomic mass is 9.95. The number of hydrogen-bond acceptors (Lipinski definition) is 3. The monoisotopic (exact) mass is 247 g/mol. The van der Waals surface area contributed by atoms with Crippen molar-refractivity contribution in [2.45, 2.75) is 19.4 Å². The van der Waals surface area contributed by atoms with Gasteiger partial charge in [-0.25, -0.2) is 0 Å². The summed E-state index contributed by atoms with van der Waals surface area (Å²) in [4.78, 5) is 4.94. The molecule has 1 aromatic rings. The predicted molar refractivity (Wildman–Crippen MR) is 76.7 cm³/mol. The fourth-order valence-electron chi connectivity index (χ4n) is 2.53. The lowest BCUT2D eigenvalue weighted by molar-refractivity contribution is 0.148. The summed E-state index contributed by atoms with van der Waals surface area (Å²) < 4.78 is 0. The Bertz CT molecular complexity index is 370. The highest BCUT2D eigenvalue weighted by Crippen LogP contribution is 2.20. The zero-order valence-electron chi connectivity index (χ0n) is 11.6. The summed E-state index contributed by atoms with van der Waals surface area (Å²) in [7, 11) is 2.20. The first-order valence-corrected chi connectivity index (χ1v) is 6.89. The molecule has 2 rings (SSSR count). The van der Waals surface area contributed by atoms with Crippen molar-refractivity contribution in [2.75, 3.05) is 39.8 Å². The Hall–Kier alpha value is -0.900. The number of rotatable bonds is 4. The van der Waals surface area contributed by atoms with Gasteiger partial charge in [-0.05, 0) is 30.6 Å². The lowest BCUT2D eigenvalue weighted by Crippen LogP contribution is -2.44. The number of benzene rings is 1. The number of nitrogens with two attached hydrogens (primary N) is 1. The average Bonchev–Trinajstić information content (AvgIpc) is 2.41. The molecule has 1 aliphatic rings. The van der Waals surface area contributed by atoms with Gasteiger partial charge in [0.15, 0.2) is 0 Å². The van der Waals surface area contributed by atoms with Crippen molar-refractivity contribution in [3.8, 4) is 0 Å². The summed E-state index contributed by atoms with van der Waals surface area (Å²) >= 11 is 0.